The number of hydrogen-bond acceptors (Lipinski definition) is 4. The lowest BCUT2D eigenvalue weighted by Gasteiger charge is -2.33. The Kier molecular flexibility index (Phi) is 5.08. The maximum atomic E-state index is 6.16. The monoisotopic (exact) mass is 319 g/mol. The van der Waals surface area contributed by atoms with Gasteiger partial charge in [0.25, 0.3) is 0 Å². The molecular formula is C16H22ClN5. The molecule has 1 fully saturated rings. The summed E-state index contributed by atoms with van der Waals surface area (Å²) in [5.41, 5.74) is 2.25. The van der Waals surface area contributed by atoms with Crippen LogP contribution < -0.4 is 5.32 Å². The highest BCUT2D eigenvalue weighted by Gasteiger charge is 2.20. The molecule has 2 aromatic rings. The minimum atomic E-state index is 0.723. The van der Waals surface area contributed by atoms with Gasteiger partial charge in [-0.1, -0.05) is 17.7 Å². The zero-order valence-electron chi connectivity index (χ0n) is 12.9. The second-order valence-electron chi connectivity index (χ2n) is 5.91. The Labute approximate surface area is 136 Å². The van der Waals surface area contributed by atoms with Crippen LogP contribution in [0.3, 0.4) is 0 Å². The van der Waals surface area contributed by atoms with Crippen molar-refractivity contribution < 1.29 is 0 Å². The Morgan fingerprint density at radius 2 is 2.32 bits per heavy atom. The largest absolute Gasteiger partial charge is 0.319 e. The van der Waals surface area contributed by atoms with Gasteiger partial charge < -0.3 is 5.32 Å². The van der Waals surface area contributed by atoms with Crippen LogP contribution in [0.1, 0.15) is 18.4 Å². The van der Waals surface area contributed by atoms with Crippen molar-refractivity contribution in [2.45, 2.75) is 19.4 Å². The molecule has 1 unspecified atom stereocenters. The fourth-order valence-electron chi connectivity index (χ4n) is 3.21. The van der Waals surface area contributed by atoms with Crippen molar-refractivity contribution >= 4 is 11.6 Å². The summed E-state index contributed by atoms with van der Waals surface area (Å²) in [6.07, 6.45) is 5.84. The van der Waals surface area contributed by atoms with Crippen molar-refractivity contribution in [3.8, 4) is 5.69 Å². The Balaban J connectivity index is 1.77. The Hall–Kier alpha value is -1.43. The molecule has 0 spiro atoms. The Bertz CT molecular complexity index is 597. The van der Waals surface area contributed by atoms with E-state index in [0.29, 0.717) is 0 Å². The van der Waals surface area contributed by atoms with Crippen molar-refractivity contribution in [2.24, 2.45) is 5.92 Å². The van der Waals surface area contributed by atoms with Gasteiger partial charge >= 0.3 is 0 Å². The van der Waals surface area contributed by atoms with Crippen molar-refractivity contribution in [3.63, 3.8) is 0 Å². The second-order valence-corrected chi connectivity index (χ2v) is 6.35. The first-order chi connectivity index (χ1) is 10.8. The van der Waals surface area contributed by atoms with Crippen LogP contribution in [-0.2, 0) is 6.54 Å². The number of rotatable bonds is 5. The second kappa shape index (κ2) is 7.22. The standard InChI is InChI=1S/C16H22ClN5/c1-18-8-13-3-2-6-21(9-13)10-14-4-5-15(17)7-16(14)22-12-19-11-20-22/h4-5,7,11-13,18H,2-3,6,8-10H2,1H3. The van der Waals surface area contributed by atoms with Crippen LogP contribution in [0.15, 0.2) is 30.9 Å². The number of benzene rings is 1. The van der Waals surface area contributed by atoms with Gasteiger partial charge in [-0.25, -0.2) is 9.67 Å². The number of nitrogens with zero attached hydrogens (tertiary/aromatic N) is 4. The molecule has 1 aliphatic rings. The summed E-state index contributed by atoms with van der Waals surface area (Å²) >= 11 is 6.16. The molecule has 5 nitrogen and oxygen atoms in total. The zero-order chi connectivity index (χ0) is 15.4. The molecule has 1 aromatic heterocycles. The average Bonchev–Trinajstić information content (AvgIpc) is 3.04. The van der Waals surface area contributed by atoms with E-state index in [1.54, 1.807) is 17.3 Å². The van der Waals surface area contributed by atoms with E-state index in [2.05, 4.69) is 26.4 Å². The first-order valence-corrected chi connectivity index (χ1v) is 8.14. The van der Waals surface area contributed by atoms with E-state index < -0.39 is 0 Å². The van der Waals surface area contributed by atoms with Crippen LogP contribution in [0.4, 0.5) is 0 Å². The van der Waals surface area contributed by atoms with E-state index in [4.69, 9.17) is 11.6 Å². The number of likely N-dealkylation sites (tertiary alicyclic amines) is 1. The van der Waals surface area contributed by atoms with Gasteiger partial charge in [0, 0.05) is 18.1 Å². The fraction of sp³-hybridized carbons (Fsp3) is 0.500. The maximum absolute atomic E-state index is 6.16. The minimum absolute atomic E-state index is 0.723. The number of piperidine rings is 1. The molecule has 0 saturated carbocycles. The third-order valence-corrected chi connectivity index (χ3v) is 4.44. The van der Waals surface area contributed by atoms with Crippen molar-refractivity contribution in [1.29, 1.82) is 0 Å². The summed E-state index contributed by atoms with van der Waals surface area (Å²) in [5.74, 6) is 0.737. The fourth-order valence-corrected chi connectivity index (χ4v) is 3.37. The first kappa shape index (κ1) is 15.5. The van der Waals surface area contributed by atoms with Gasteiger partial charge in [0.2, 0.25) is 0 Å². The van der Waals surface area contributed by atoms with Gasteiger partial charge in [-0.2, -0.15) is 5.10 Å². The smallest absolute Gasteiger partial charge is 0.138 e. The van der Waals surface area contributed by atoms with E-state index >= 15 is 0 Å². The summed E-state index contributed by atoms with van der Waals surface area (Å²) in [6.45, 7) is 4.31. The molecule has 1 saturated heterocycles. The highest BCUT2D eigenvalue weighted by Crippen LogP contribution is 2.23. The van der Waals surface area contributed by atoms with Gasteiger partial charge in [-0.3, -0.25) is 4.90 Å². The molecule has 3 rings (SSSR count). The van der Waals surface area contributed by atoms with Crippen molar-refractivity contribution in [2.75, 3.05) is 26.7 Å². The van der Waals surface area contributed by atoms with Crippen LogP contribution in [-0.4, -0.2) is 46.3 Å². The van der Waals surface area contributed by atoms with Gasteiger partial charge in [-0.05, 0) is 56.6 Å². The maximum Gasteiger partial charge on any atom is 0.138 e. The topological polar surface area (TPSA) is 46.0 Å². The lowest BCUT2D eigenvalue weighted by Crippen LogP contribution is -2.38. The Morgan fingerprint density at radius 1 is 1.41 bits per heavy atom. The normalized spacial score (nSPS) is 19.5. The van der Waals surface area contributed by atoms with E-state index in [1.165, 1.54) is 18.4 Å². The average molecular weight is 320 g/mol. The third-order valence-electron chi connectivity index (χ3n) is 4.20. The van der Waals surface area contributed by atoms with Gasteiger partial charge in [-0.15, -0.1) is 0 Å². The van der Waals surface area contributed by atoms with Gasteiger partial charge in [0.1, 0.15) is 12.7 Å². The van der Waals surface area contributed by atoms with E-state index in [0.717, 1.165) is 42.8 Å². The summed E-state index contributed by atoms with van der Waals surface area (Å²) in [5, 5.41) is 8.26. The van der Waals surface area contributed by atoms with Crippen molar-refractivity contribution in [1.82, 2.24) is 25.0 Å². The predicted molar refractivity (Wildman–Crippen MR) is 88.3 cm³/mol. The number of halogens is 1. The molecule has 1 N–H and O–H groups in total. The van der Waals surface area contributed by atoms with Gasteiger partial charge in [0.05, 0.1) is 5.69 Å². The van der Waals surface area contributed by atoms with E-state index in [1.807, 2.05) is 19.2 Å². The summed E-state index contributed by atoms with van der Waals surface area (Å²) in [4.78, 5) is 6.56. The van der Waals surface area contributed by atoms with E-state index in [-0.39, 0.29) is 0 Å². The molecule has 2 heterocycles. The van der Waals surface area contributed by atoms with Gasteiger partial charge in [0.15, 0.2) is 0 Å². The molecule has 118 valence electrons. The lowest BCUT2D eigenvalue weighted by molar-refractivity contribution is 0.166. The SMILES string of the molecule is CNCC1CCCN(Cc2ccc(Cl)cc2-n2cncn2)C1. The molecule has 1 aliphatic heterocycles. The first-order valence-electron chi connectivity index (χ1n) is 7.76. The molecule has 0 bridgehead atoms. The van der Waals surface area contributed by atoms with E-state index in [9.17, 15) is 0 Å². The quantitative estimate of drug-likeness (QED) is 0.919. The number of hydrogen-bond donors (Lipinski definition) is 1. The van der Waals surface area contributed by atoms with Crippen LogP contribution in [0.2, 0.25) is 5.02 Å². The summed E-state index contributed by atoms with van der Waals surface area (Å²) in [6, 6.07) is 6.01. The molecule has 0 radical (unpaired) electrons. The molecule has 6 heteroatoms. The molecule has 1 aromatic carbocycles. The van der Waals surface area contributed by atoms with Crippen molar-refractivity contribution in [3.05, 3.63) is 41.4 Å². The highest BCUT2D eigenvalue weighted by atomic mass is 35.5. The molecule has 22 heavy (non-hydrogen) atoms. The Morgan fingerprint density at radius 3 is 3.09 bits per heavy atom. The summed E-state index contributed by atoms with van der Waals surface area (Å²) < 4.78 is 1.79. The predicted octanol–water partition coefficient (Wildman–Crippen LogP) is 2.35. The molecular weight excluding hydrogens is 298 g/mol. The van der Waals surface area contributed by atoms with Crippen LogP contribution in [0.25, 0.3) is 5.69 Å². The number of aromatic nitrogens is 3. The number of nitrogens with one attached hydrogen (secondary N) is 1. The third kappa shape index (κ3) is 3.66. The highest BCUT2D eigenvalue weighted by molar-refractivity contribution is 6.30. The molecule has 1 atom stereocenters. The summed E-state index contributed by atoms with van der Waals surface area (Å²) in [7, 11) is 2.03. The molecule has 0 aliphatic carbocycles. The van der Waals surface area contributed by atoms with Crippen LogP contribution in [0.5, 0.6) is 0 Å². The lowest BCUT2D eigenvalue weighted by atomic mass is 9.97. The minimum Gasteiger partial charge on any atom is -0.319 e. The zero-order valence-corrected chi connectivity index (χ0v) is 13.6. The van der Waals surface area contributed by atoms with Crippen LogP contribution in [0, 0.1) is 5.92 Å². The van der Waals surface area contributed by atoms with Crippen LogP contribution >= 0.6 is 11.6 Å². The molecule has 0 amide bonds.